The molecule has 7 nitrogen and oxygen atoms in total. The Morgan fingerprint density at radius 3 is 2.03 bits per heavy atom. The number of carbonyl (C=O) groups excluding carboxylic acids is 3. The number of carbonyl (C=O) groups is 3. The van der Waals surface area contributed by atoms with Gasteiger partial charge in [-0.05, 0) is 74.5 Å². The van der Waals surface area contributed by atoms with E-state index in [-0.39, 0.29) is 30.8 Å². The maximum Gasteiger partial charge on any atom is 0.257 e. The predicted molar refractivity (Wildman–Crippen MR) is 137 cm³/mol. The molecule has 34 heavy (non-hydrogen) atoms. The Labute approximate surface area is 204 Å². The van der Waals surface area contributed by atoms with Gasteiger partial charge in [0.25, 0.3) is 5.91 Å². The van der Waals surface area contributed by atoms with Crippen LogP contribution in [0.3, 0.4) is 0 Å². The second kappa shape index (κ2) is 11.4. The number of likely N-dealkylation sites (N-methyl/N-ethyl adjacent to an activating group) is 1. The first-order chi connectivity index (χ1) is 16.2. The van der Waals surface area contributed by atoms with Crippen molar-refractivity contribution in [3.05, 3.63) is 88.4 Å². The van der Waals surface area contributed by atoms with Gasteiger partial charge >= 0.3 is 0 Å². The van der Waals surface area contributed by atoms with Crippen LogP contribution in [0, 0.1) is 13.8 Å². The van der Waals surface area contributed by atoms with E-state index in [1.54, 1.807) is 60.5 Å². The summed E-state index contributed by atoms with van der Waals surface area (Å²) in [5.41, 5.74) is 4.14. The molecule has 0 radical (unpaired) electrons. The molecule has 0 atom stereocenters. The van der Waals surface area contributed by atoms with Crippen molar-refractivity contribution in [3.63, 3.8) is 0 Å². The minimum atomic E-state index is -0.362. The van der Waals surface area contributed by atoms with Crippen LogP contribution in [0.4, 0.5) is 17.1 Å². The average Bonchev–Trinajstić information content (AvgIpc) is 2.78. The molecule has 3 N–H and O–H groups in total. The maximum atomic E-state index is 12.7. The fraction of sp³-hybridized carbons (Fsp3) is 0.192. The summed E-state index contributed by atoms with van der Waals surface area (Å²) < 4.78 is 0. The summed E-state index contributed by atoms with van der Waals surface area (Å²) in [4.78, 5) is 39.4. The van der Waals surface area contributed by atoms with Crippen LogP contribution >= 0.6 is 11.6 Å². The molecule has 0 fully saturated rings. The molecule has 0 saturated carbocycles. The summed E-state index contributed by atoms with van der Waals surface area (Å²) >= 11 is 5.89. The minimum Gasteiger partial charge on any atom is -0.325 e. The second-order valence-electron chi connectivity index (χ2n) is 8.02. The van der Waals surface area contributed by atoms with E-state index in [9.17, 15) is 14.4 Å². The fourth-order valence-electron chi connectivity index (χ4n) is 3.33. The Balaban J connectivity index is 1.57. The van der Waals surface area contributed by atoms with E-state index in [2.05, 4.69) is 16.0 Å². The molecule has 3 amide bonds. The number of anilines is 3. The second-order valence-corrected chi connectivity index (χ2v) is 8.46. The van der Waals surface area contributed by atoms with E-state index in [4.69, 9.17) is 11.6 Å². The molecular formula is C26H27ClN4O3. The van der Waals surface area contributed by atoms with Gasteiger partial charge in [-0.25, -0.2) is 0 Å². The molecule has 0 bridgehead atoms. The summed E-state index contributed by atoms with van der Waals surface area (Å²) in [6.07, 6.45) is 0. The highest BCUT2D eigenvalue weighted by Crippen LogP contribution is 2.20. The van der Waals surface area contributed by atoms with Crippen LogP contribution in [0.2, 0.25) is 5.02 Å². The Hall–Kier alpha value is -3.68. The van der Waals surface area contributed by atoms with Gasteiger partial charge in [0.2, 0.25) is 11.8 Å². The average molecular weight is 479 g/mol. The van der Waals surface area contributed by atoms with Gasteiger partial charge in [0, 0.05) is 16.4 Å². The number of aryl methyl sites for hydroxylation is 1. The molecule has 0 aliphatic heterocycles. The standard InChI is InChI=1S/C26H27ClN4O3/c1-17-7-6-10-22(18(17)2)29-24(32)15-31(3)16-25(33)30-23-9-5-4-8-21(23)26(34)28-20-13-11-19(27)12-14-20/h4-14H,15-16H2,1-3H3,(H,28,34)(H,29,32)(H,30,33). The Bertz CT molecular complexity index is 1190. The maximum absolute atomic E-state index is 12.7. The number of amides is 3. The van der Waals surface area contributed by atoms with E-state index in [1.165, 1.54) is 0 Å². The molecule has 0 aliphatic carbocycles. The molecule has 176 valence electrons. The third-order valence-corrected chi connectivity index (χ3v) is 5.51. The van der Waals surface area contributed by atoms with E-state index >= 15 is 0 Å². The monoisotopic (exact) mass is 478 g/mol. The SMILES string of the molecule is Cc1cccc(NC(=O)CN(C)CC(=O)Nc2ccccc2C(=O)Nc2ccc(Cl)cc2)c1C. The lowest BCUT2D eigenvalue weighted by molar-refractivity contribution is -0.119. The van der Waals surface area contributed by atoms with Crippen molar-refractivity contribution < 1.29 is 14.4 Å². The topological polar surface area (TPSA) is 90.5 Å². The number of hydrogen-bond acceptors (Lipinski definition) is 4. The third kappa shape index (κ3) is 6.91. The zero-order valence-corrected chi connectivity index (χ0v) is 20.1. The van der Waals surface area contributed by atoms with Gasteiger partial charge in [0.05, 0.1) is 24.3 Å². The van der Waals surface area contributed by atoms with Crippen molar-refractivity contribution in [2.45, 2.75) is 13.8 Å². The molecule has 8 heteroatoms. The van der Waals surface area contributed by atoms with Crippen molar-refractivity contribution in [2.75, 3.05) is 36.1 Å². The molecule has 0 saturated heterocycles. The predicted octanol–water partition coefficient (Wildman–Crippen LogP) is 4.72. The molecule has 3 aromatic rings. The van der Waals surface area contributed by atoms with Gasteiger partial charge in [-0.15, -0.1) is 0 Å². The lowest BCUT2D eigenvalue weighted by Crippen LogP contribution is -2.36. The number of nitrogens with one attached hydrogen (secondary N) is 3. The highest BCUT2D eigenvalue weighted by atomic mass is 35.5. The molecule has 0 aromatic heterocycles. The number of halogens is 1. The van der Waals surface area contributed by atoms with Crippen LogP contribution in [-0.2, 0) is 9.59 Å². The van der Waals surface area contributed by atoms with E-state index in [0.717, 1.165) is 16.8 Å². The van der Waals surface area contributed by atoms with E-state index < -0.39 is 0 Å². The van der Waals surface area contributed by atoms with Crippen LogP contribution in [0.25, 0.3) is 0 Å². The van der Waals surface area contributed by atoms with Crippen molar-refractivity contribution in [1.82, 2.24) is 4.90 Å². The van der Waals surface area contributed by atoms with Crippen molar-refractivity contribution in [2.24, 2.45) is 0 Å². The molecule has 0 aliphatic rings. The zero-order valence-electron chi connectivity index (χ0n) is 19.3. The summed E-state index contributed by atoms with van der Waals surface area (Å²) in [6, 6.07) is 19.2. The summed E-state index contributed by atoms with van der Waals surface area (Å²) in [6.45, 7) is 3.95. The zero-order chi connectivity index (χ0) is 24.7. The van der Waals surface area contributed by atoms with Crippen LogP contribution in [-0.4, -0.2) is 42.8 Å². The van der Waals surface area contributed by atoms with Crippen LogP contribution in [0.1, 0.15) is 21.5 Å². The highest BCUT2D eigenvalue weighted by molar-refractivity contribution is 6.30. The first-order valence-corrected chi connectivity index (χ1v) is 11.1. The molecule has 3 aromatic carbocycles. The quantitative estimate of drug-likeness (QED) is 0.437. The van der Waals surface area contributed by atoms with Crippen molar-refractivity contribution >= 4 is 46.4 Å². The number of nitrogens with zero attached hydrogens (tertiary/aromatic N) is 1. The van der Waals surface area contributed by atoms with Crippen LogP contribution < -0.4 is 16.0 Å². The Kier molecular flexibility index (Phi) is 8.40. The van der Waals surface area contributed by atoms with Crippen LogP contribution in [0.15, 0.2) is 66.7 Å². The number of benzene rings is 3. The first kappa shape index (κ1) is 25.0. The molecule has 0 heterocycles. The summed E-state index contributed by atoms with van der Waals surface area (Å²) in [7, 11) is 1.68. The largest absolute Gasteiger partial charge is 0.325 e. The van der Waals surface area contributed by atoms with Gasteiger partial charge in [0.15, 0.2) is 0 Å². The highest BCUT2D eigenvalue weighted by Gasteiger charge is 2.16. The van der Waals surface area contributed by atoms with Crippen LogP contribution in [0.5, 0.6) is 0 Å². The molecule has 3 rings (SSSR count). The minimum absolute atomic E-state index is 0.0205. The normalized spacial score (nSPS) is 10.6. The van der Waals surface area contributed by atoms with Gasteiger partial charge in [-0.3, -0.25) is 19.3 Å². The smallest absolute Gasteiger partial charge is 0.257 e. The van der Waals surface area contributed by atoms with Crippen molar-refractivity contribution in [1.29, 1.82) is 0 Å². The lowest BCUT2D eigenvalue weighted by atomic mass is 10.1. The number of para-hydroxylation sites is 1. The van der Waals surface area contributed by atoms with Gasteiger partial charge in [-0.2, -0.15) is 0 Å². The number of rotatable bonds is 8. The first-order valence-electron chi connectivity index (χ1n) is 10.7. The molecule has 0 unspecified atom stereocenters. The van der Waals surface area contributed by atoms with Crippen molar-refractivity contribution in [3.8, 4) is 0 Å². The summed E-state index contributed by atoms with van der Waals surface area (Å²) in [5.74, 6) is -0.917. The Morgan fingerprint density at radius 2 is 1.35 bits per heavy atom. The lowest BCUT2D eigenvalue weighted by Gasteiger charge is -2.18. The fourth-order valence-corrected chi connectivity index (χ4v) is 3.46. The number of hydrogen-bond donors (Lipinski definition) is 3. The third-order valence-electron chi connectivity index (χ3n) is 5.25. The molecule has 0 spiro atoms. The van der Waals surface area contributed by atoms with Gasteiger partial charge in [-0.1, -0.05) is 35.9 Å². The van der Waals surface area contributed by atoms with E-state index in [0.29, 0.717) is 22.0 Å². The van der Waals surface area contributed by atoms with E-state index in [1.807, 2.05) is 32.0 Å². The van der Waals surface area contributed by atoms with Gasteiger partial charge < -0.3 is 16.0 Å². The van der Waals surface area contributed by atoms with Gasteiger partial charge in [0.1, 0.15) is 0 Å². The Morgan fingerprint density at radius 1 is 0.765 bits per heavy atom. The molecular weight excluding hydrogens is 452 g/mol. The summed E-state index contributed by atoms with van der Waals surface area (Å²) in [5, 5.41) is 9.00.